The summed E-state index contributed by atoms with van der Waals surface area (Å²) in [6.45, 7) is 5.95. The van der Waals surface area contributed by atoms with Gasteiger partial charge in [0.15, 0.2) is 5.82 Å². The number of rotatable bonds is 3. The van der Waals surface area contributed by atoms with E-state index in [9.17, 15) is 9.59 Å². The molecular formula is C18H28N4O4. The third-order valence-electron chi connectivity index (χ3n) is 5.33. The van der Waals surface area contributed by atoms with Crippen molar-refractivity contribution in [2.45, 2.75) is 63.8 Å². The minimum atomic E-state index is -0.412. The molecule has 1 aromatic heterocycles. The van der Waals surface area contributed by atoms with E-state index in [1.807, 2.05) is 18.7 Å². The third-order valence-corrected chi connectivity index (χ3v) is 5.33. The number of likely N-dealkylation sites (tertiary alicyclic amines) is 2. The number of piperidine rings is 2. The molecule has 8 heteroatoms. The highest BCUT2D eigenvalue weighted by molar-refractivity contribution is 5.86. The van der Waals surface area contributed by atoms with Gasteiger partial charge in [-0.1, -0.05) is 19.0 Å². The molecule has 0 saturated carbocycles. The van der Waals surface area contributed by atoms with Gasteiger partial charge < -0.3 is 14.2 Å². The molecule has 2 aliphatic heterocycles. The van der Waals surface area contributed by atoms with Gasteiger partial charge in [0.05, 0.1) is 7.11 Å². The number of hydrogen-bond acceptors (Lipinski definition) is 6. The van der Waals surface area contributed by atoms with Crippen molar-refractivity contribution in [1.82, 2.24) is 19.9 Å². The number of carbonyl (C=O) groups excluding carboxylic acids is 2. The van der Waals surface area contributed by atoms with Crippen LogP contribution in [0.15, 0.2) is 4.52 Å². The Morgan fingerprint density at radius 3 is 2.50 bits per heavy atom. The quantitative estimate of drug-likeness (QED) is 0.819. The van der Waals surface area contributed by atoms with E-state index in [2.05, 4.69) is 10.1 Å². The van der Waals surface area contributed by atoms with Crippen molar-refractivity contribution in [2.75, 3.05) is 26.7 Å². The van der Waals surface area contributed by atoms with Crippen LogP contribution in [0.2, 0.25) is 0 Å². The number of carbonyl (C=O) groups is 2. The molecule has 0 bridgehead atoms. The second-order valence-corrected chi connectivity index (χ2v) is 7.42. The zero-order valence-electron chi connectivity index (χ0n) is 15.8. The first kappa shape index (κ1) is 18.7. The number of amides is 2. The predicted octanol–water partition coefficient (Wildman–Crippen LogP) is 2.52. The Labute approximate surface area is 153 Å². The Kier molecular flexibility index (Phi) is 5.78. The second-order valence-electron chi connectivity index (χ2n) is 7.42. The molecule has 0 spiro atoms. The maximum Gasteiger partial charge on any atom is 0.410 e. The molecule has 0 aromatic carbocycles. The monoisotopic (exact) mass is 364 g/mol. The van der Waals surface area contributed by atoms with Crippen LogP contribution in [0.4, 0.5) is 4.79 Å². The first-order valence-corrected chi connectivity index (χ1v) is 9.48. The third kappa shape index (κ3) is 3.83. The summed E-state index contributed by atoms with van der Waals surface area (Å²) in [6, 6.07) is -0.399. The van der Waals surface area contributed by atoms with Crippen LogP contribution in [-0.2, 0) is 9.53 Å². The molecule has 144 valence electrons. The first-order chi connectivity index (χ1) is 12.5. The van der Waals surface area contributed by atoms with Crippen molar-refractivity contribution in [3.05, 3.63) is 11.7 Å². The molecule has 2 aliphatic rings. The maximum atomic E-state index is 12.9. The zero-order chi connectivity index (χ0) is 18.7. The molecule has 0 aliphatic carbocycles. The molecule has 2 amide bonds. The summed E-state index contributed by atoms with van der Waals surface area (Å²) >= 11 is 0. The summed E-state index contributed by atoms with van der Waals surface area (Å²) < 4.78 is 10.2. The van der Waals surface area contributed by atoms with E-state index in [0.717, 1.165) is 31.5 Å². The lowest BCUT2D eigenvalue weighted by Gasteiger charge is -2.38. The largest absolute Gasteiger partial charge is 0.453 e. The fourth-order valence-electron chi connectivity index (χ4n) is 3.73. The van der Waals surface area contributed by atoms with Gasteiger partial charge in [0.1, 0.15) is 6.04 Å². The SMILES string of the molecule is COC(=O)N1CCCC[C@H]1C(=O)N1CCC(c2nc(C(C)C)no2)CC1. The fraction of sp³-hybridized carbons (Fsp3) is 0.778. The van der Waals surface area contributed by atoms with Crippen LogP contribution in [0.5, 0.6) is 0 Å². The van der Waals surface area contributed by atoms with Crippen molar-refractivity contribution in [1.29, 1.82) is 0 Å². The van der Waals surface area contributed by atoms with E-state index in [1.165, 1.54) is 7.11 Å². The van der Waals surface area contributed by atoms with Gasteiger partial charge in [-0.15, -0.1) is 0 Å². The van der Waals surface area contributed by atoms with Crippen LogP contribution in [0.3, 0.4) is 0 Å². The van der Waals surface area contributed by atoms with Crippen LogP contribution in [0, 0.1) is 0 Å². The highest BCUT2D eigenvalue weighted by atomic mass is 16.5. The number of nitrogens with zero attached hydrogens (tertiary/aromatic N) is 4. The summed E-state index contributed by atoms with van der Waals surface area (Å²) in [5.74, 6) is 1.87. The van der Waals surface area contributed by atoms with Gasteiger partial charge in [-0.3, -0.25) is 9.69 Å². The Bertz CT molecular complexity index is 637. The molecule has 8 nitrogen and oxygen atoms in total. The minimum Gasteiger partial charge on any atom is -0.453 e. The normalized spacial score (nSPS) is 21.9. The minimum absolute atomic E-state index is 0.0296. The van der Waals surface area contributed by atoms with E-state index < -0.39 is 12.1 Å². The van der Waals surface area contributed by atoms with E-state index in [4.69, 9.17) is 9.26 Å². The molecule has 3 rings (SSSR count). The van der Waals surface area contributed by atoms with Crippen molar-refractivity contribution >= 4 is 12.0 Å². The fourth-order valence-corrected chi connectivity index (χ4v) is 3.73. The molecule has 2 saturated heterocycles. The van der Waals surface area contributed by atoms with Crippen LogP contribution in [0.1, 0.15) is 69.5 Å². The van der Waals surface area contributed by atoms with Gasteiger partial charge in [0, 0.05) is 31.5 Å². The maximum absolute atomic E-state index is 12.9. The average molecular weight is 364 g/mol. The highest BCUT2D eigenvalue weighted by Gasteiger charge is 2.37. The Balaban J connectivity index is 1.59. The lowest BCUT2D eigenvalue weighted by molar-refractivity contribution is -0.138. The topological polar surface area (TPSA) is 88.8 Å². The lowest BCUT2D eigenvalue weighted by Crippen LogP contribution is -2.54. The van der Waals surface area contributed by atoms with Gasteiger partial charge in [-0.25, -0.2) is 4.79 Å². The lowest BCUT2D eigenvalue weighted by atomic mass is 9.95. The van der Waals surface area contributed by atoms with Gasteiger partial charge in [-0.2, -0.15) is 4.98 Å². The second kappa shape index (κ2) is 8.05. The molecular weight excluding hydrogens is 336 g/mol. The van der Waals surface area contributed by atoms with E-state index in [0.29, 0.717) is 31.9 Å². The van der Waals surface area contributed by atoms with Gasteiger partial charge >= 0.3 is 6.09 Å². The Morgan fingerprint density at radius 2 is 1.88 bits per heavy atom. The Hall–Kier alpha value is -2.12. The van der Waals surface area contributed by atoms with Crippen molar-refractivity contribution < 1.29 is 18.8 Å². The molecule has 2 fully saturated rings. The number of methoxy groups -OCH3 is 1. The standard InChI is InChI=1S/C18H28N4O4/c1-12(2)15-19-16(26-20-15)13-7-10-21(11-8-13)17(23)14-6-4-5-9-22(14)18(24)25-3/h12-14H,4-11H2,1-3H3/t14-/m0/s1. The van der Waals surface area contributed by atoms with E-state index in [-0.39, 0.29) is 17.7 Å². The van der Waals surface area contributed by atoms with Crippen LogP contribution in [-0.4, -0.2) is 64.7 Å². The summed E-state index contributed by atoms with van der Waals surface area (Å²) in [7, 11) is 1.36. The summed E-state index contributed by atoms with van der Waals surface area (Å²) in [5.41, 5.74) is 0. The number of aromatic nitrogens is 2. The zero-order valence-corrected chi connectivity index (χ0v) is 15.8. The first-order valence-electron chi connectivity index (χ1n) is 9.48. The van der Waals surface area contributed by atoms with Gasteiger partial charge in [-0.05, 0) is 32.1 Å². The molecule has 26 heavy (non-hydrogen) atoms. The summed E-state index contributed by atoms with van der Waals surface area (Å²) in [6.07, 6.45) is 3.77. The smallest absolute Gasteiger partial charge is 0.410 e. The van der Waals surface area contributed by atoms with Crippen molar-refractivity contribution in [3.8, 4) is 0 Å². The predicted molar refractivity (Wildman–Crippen MR) is 93.7 cm³/mol. The van der Waals surface area contributed by atoms with Crippen molar-refractivity contribution in [3.63, 3.8) is 0 Å². The molecule has 0 radical (unpaired) electrons. The summed E-state index contributed by atoms with van der Waals surface area (Å²) in [4.78, 5) is 32.8. The van der Waals surface area contributed by atoms with Crippen molar-refractivity contribution in [2.24, 2.45) is 0 Å². The van der Waals surface area contributed by atoms with Gasteiger partial charge in [0.2, 0.25) is 11.8 Å². The molecule has 3 heterocycles. The van der Waals surface area contributed by atoms with E-state index >= 15 is 0 Å². The van der Waals surface area contributed by atoms with Gasteiger partial charge in [0.25, 0.3) is 0 Å². The summed E-state index contributed by atoms with van der Waals surface area (Å²) in [5, 5.41) is 4.03. The number of hydrogen-bond donors (Lipinski definition) is 0. The van der Waals surface area contributed by atoms with Crippen LogP contribution in [0.25, 0.3) is 0 Å². The molecule has 0 N–H and O–H groups in total. The molecule has 1 aromatic rings. The average Bonchev–Trinajstić information content (AvgIpc) is 3.17. The van der Waals surface area contributed by atoms with Crippen LogP contribution >= 0.6 is 0 Å². The highest BCUT2D eigenvalue weighted by Crippen LogP contribution is 2.29. The molecule has 1 atom stereocenters. The van der Waals surface area contributed by atoms with Crippen LogP contribution < -0.4 is 0 Å². The molecule has 0 unspecified atom stereocenters. The Morgan fingerprint density at radius 1 is 1.15 bits per heavy atom. The van der Waals surface area contributed by atoms with E-state index in [1.54, 1.807) is 4.90 Å². The number of ether oxygens (including phenoxy) is 1.